The van der Waals surface area contributed by atoms with Crippen LogP contribution >= 0.6 is 0 Å². The molecule has 0 aliphatic heterocycles. The molecule has 1 fully saturated rings. The summed E-state index contributed by atoms with van der Waals surface area (Å²) in [4.78, 5) is 11.9. The van der Waals surface area contributed by atoms with Gasteiger partial charge in [0, 0.05) is 17.8 Å². The van der Waals surface area contributed by atoms with Crippen LogP contribution in [0.2, 0.25) is 0 Å². The number of hydrogen-bond acceptors (Lipinski definition) is 5. The fourth-order valence-electron chi connectivity index (χ4n) is 1.80. The number of nitrogens with one attached hydrogen (secondary N) is 1. The second-order valence-corrected chi connectivity index (χ2v) is 7.12. The summed E-state index contributed by atoms with van der Waals surface area (Å²) in [7, 11) is -2.44. The van der Waals surface area contributed by atoms with Crippen molar-refractivity contribution in [3.05, 3.63) is 18.2 Å². The number of hydrogen-bond donors (Lipinski definition) is 2. The fourth-order valence-corrected chi connectivity index (χ4v) is 3.21. The summed E-state index contributed by atoms with van der Waals surface area (Å²) in [6.45, 7) is 1.38. The normalized spacial score (nSPS) is 16.5. The van der Waals surface area contributed by atoms with Crippen molar-refractivity contribution in [3.63, 3.8) is 0 Å². The van der Waals surface area contributed by atoms with Gasteiger partial charge in [-0.15, -0.1) is 0 Å². The van der Waals surface area contributed by atoms with E-state index in [-0.39, 0.29) is 16.7 Å². The molecule has 0 heterocycles. The number of carbonyl (C=O) groups excluding carboxylic acids is 1. The SMILES string of the molecule is COc1cc(N)ccc1S(=O)(=O)C(C)C(=O)NC1CC1. The van der Waals surface area contributed by atoms with Gasteiger partial charge in [0.2, 0.25) is 5.91 Å². The van der Waals surface area contributed by atoms with Crippen LogP contribution < -0.4 is 15.8 Å². The summed E-state index contributed by atoms with van der Waals surface area (Å²) < 4.78 is 30.0. The average Bonchev–Trinajstić information content (AvgIpc) is 3.21. The van der Waals surface area contributed by atoms with Crippen LogP contribution in [0.5, 0.6) is 5.75 Å². The van der Waals surface area contributed by atoms with Crippen LogP contribution in [0.1, 0.15) is 19.8 Å². The molecule has 20 heavy (non-hydrogen) atoms. The smallest absolute Gasteiger partial charge is 0.238 e. The van der Waals surface area contributed by atoms with Crippen molar-refractivity contribution in [2.24, 2.45) is 0 Å². The molecule has 2 rings (SSSR count). The Bertz CT molecular complexity index is 623. The zero-order valence-electron chi connectivity index (χ0n) is 11.4. The summed E-state index contributed by atoms with van der Waals surface area (Å²) in [6.07, 6.45) is 1.81. The lowest BCUT2D eigenvalue weighted by atomic mass is 10.3. The second-order valence-electron chi connectivity index (χ2n) is 4.88. The van der Waals surface area contributed by atoms with Gasteiger partial charge < -0.3 is 15.8 Å². The van der Waals surface area contributed by atoms with E-state index in [1.165, 1.54) is 32.2 Å². The number of nitrogens with two attached hydrogens (primary N) is 1. The largest absolute Gasteiger partial charge is 0.495 e. The molecule has 1 aromatic rings. The van der Waals surface area contributed by atoms with E-state index in [0.717, 1.165) is 12.8 Å². The molecule has 0 aromatic heterocycles. The molecular weight excluding hydrogens is 280 g/mol. The molecule has 3 N–H and O–H groups in total. The quantitative estimate of drug-likeness (QED) is 0.780. The third kappa shape index (κ3) is 2.87. The van der Waals surface area contributed by atoms with Gasteiger partial charge in [0.1, 0.15) is 15.9 Å². The van der Waals surface area contributed by atoms with Crippen LogP contribution in [-0.2, 0) is 14.6 Å². The van der Waals surface area contributed by atoms with Gasteiger partial charge in [0.15, 0.2) is 9.84 Å². The number of benzene rings is 1. The molecule has 6 nitrogen and oxygen atoms in total. The van der Waals surface area contributed by atoms with E-state index in [1.54, 1.807) is 0 Å². The predicted octanol–water partition coefficient (Wildman–Crippen LogP) is 0.718. The van der Waals surface area contributed by atoms with E-state index in [4.69, 9.17) is 10.5 Å². The lowest BCUT2D eigenvalue weighted by Crippen LogP contribution is -2.39. The van der Waals surface area contributed by atoms with Gasteiger partial charge in [-0.2, -0.15) is 0 Å². The summed E-state index contributed by atoms with van der Waals surface area (Å²) >= 11 is 0. The molecule has 1 amide bonds. The van der Waals surface area contributed by atoms with Crippen LogP contribution in [0, 0.1) is 0 Å². The summed E-state index contributed by atoms with van der Waals surface area (Å²) in [5, 5.41) is 1.53. The van der Waals surface area contributed by atoms with Crippen LogP contribution in [0.15, 0.2) is 23.1 Å². The van der Waals surface area contributed by atoms with Gasteiger partial charge in [-0.05, 0) is 31.9 Å². The first-order valence-corrected chi connectivity index (χ1v) is 7.88. The maximum atomic E-state index is 12.5. The highest BCUT2D eigenvalue weighted by Gasteiger charge is 2.35. The number of sulfone groups is 1. The van der Waals surface area contributed by atoms with Gasteiger partial charge >= 0.3 is 0 Å². The number of methoxy groups -OCH3 is 1. The minimum atomic E-state index is -3.81. The highest BCUT2D eigenvalue weighted by molar-refractivity contribution is 7.92. The molecule has 1 aliphatic carbocycles. The van der Waals surface area contributed by atoms with Crippen molar-refractivity contribution in [1.82, 2.24) is 5.32 Å². The minimum Gasteiger partial charge on any atom is -0.495 e. The topological polar surface area (TPSA) is 98.5 Å². The minimum absolute atomic E-state index is 0.0207. The number of anilines is 1. The summed E-state index contributed by atoms with van der Waals surface area (Å²) in [5.41, 5.74) is 6.00. The first-order chi connectivity index (χ1) is 9.36. The van der Waals surface area contributed by atoms with E-state index in [2.05, 4.69) is 5.32 Å². The lowest BCUT2D eigenvalue weighted by molar-refractivity contribution is -0.120. The molecule has 1 aliphatic rings. The Balaban J connectivity index is 2.31. The zero-order chi connectivity index (χ0) is 14.9. The maximum absolute atomic E-state index is 12.5. The Kier molecular flexibility index (Phi) is 3.89. The van der Waals surface area contributed by atoms with Gasteiger partial charge in [-0.25, -0.2) is 8.42 Å². The molecule has 110 valence electrons. The monoisotopic (exact) mass is 298 g/mol. The molecular formula is C13H18N2O4S. The number of nitrogen functional groups attached to an aromatic ring is 1. The Hall–Kier alpha value is -1.76. The van der Waals surface area contributed by atoms with Gasteiger partial charge in [0.25, 0.3) is 0 Å². The molecule has 7 heteroatoms. The number of carbonyl (C=O) groups is 1. The Morgan fingerprint density at radius 3 is 2.65 bits per heavy atom. The van der Waals surface area contributed by atoms with Gasteiger partial charge in [-0.3, -0.25) is 4.79 Å². The highest BCUT2D eigenvalue weighted by atomic mass is 32.2. The molecule has 0 radical (unpaired) electrons. The van der Waals surface area contributed by atoms with E-state index < -0.39 is 21.0 Å². The zero-order valence-corrected chi connectivity index (χ0v) is 12.2. The van der Waals surface area contributed by atoms with Crippen LogP contribution in [-0.4, -0.2) is 32.7 Å². The van der Waals surface area contributed by atoms with Crippen molar-refractivity contribution < 1.29 is 17.9 Å². The first-order valence-electron chi connectivity index (χ1n) is 6.34. The Morgan fingerprint density at radius 1 is 1.45 bits per heavy atom. The van der Waals surface area contributed by atoms with Crippen molar-refractivity contribution in [2.75, 3.05) is 12.8 Å². The van der Waals surface area contributed by atoms with Crippen LogP contribution in [0.4, 0.5) is 5.69 Å². The molecule has 0 bridgehead atoms. The summed E-state index contributed by atoms with van der Waals surface area (Å²) in [5.74, 6) is -0.331. The summed E-state index contributed by atoms with van der Waals surface area (Å²) in [6, 6.07) is 4.39. The molecule has 1 unspecified atom stereocenters. The van der Waals surface area contributed by atoms with Crippen molar-refractivity contribution >= 4 is 21.4 Å². The van der Waals surface area contributed by atoms with Crippen LogP contribution in [0.25, 0.3) is 0 Å². The van der Waals surface area contributed by atoms with E-state index >= 15 is 0 Å². The van der Waals surface area contributed by atoms with E-state index in [1.807, 2.05) is 0 Å². The molecule has 0 saturated heterocycles. The third-order valence-electron chi connectivity index (χ3n) is 3.25. The predicted molar refractivity (Wildman–Crippen MR) is 75.2 cm³/mol. The lowest BCUT2D eigenvalue weighted by Gasteiger charge is -2.15. The molecule has 1 aromatic carbocycles. The Labute approximate surface area is 118 Å². The number of ether oxygens (including phenoxy) is 1. The first kappa shape index (κ1) is 14.6. The molecule has 1 atom stereocenters. The molecule has 0 spiro atoms. The fraction of sp³-hybridized carbons (Fsp3) is 0.462. The maximum Gasteiger partial charge on any atom is 0.238 e. The van der Waals surface area contributed by atoms with Crippen molar-refractivity contribution in [1.29, 1.82) is 0 Å². The van der Waals surface area contributed by atoms with Gasteiger partial charge in [0.05, 0.1) is 7.11 Å². The number of rotatable bonds is 5. The van der Waals surface area contributed by atoms with Crippen molar-refractivity contribution in [2.45, 2.75) is 36.0 Å². The highest BCUT2D eigenvalue weighted by Crippen LogP contribution is 2.29. The van der Waals surface area contributed by atoms with Crippen molar-refractivity contribution in [3.8, 4) is 5.75 Å². The average molecular weight is 298 g/mol. The number of amides is 1. The van der Waals surface area contributed by atoms with Gasteiger partial charge in [-0.1, -0.05) is 0 Å². The second kappa shape index (κ2) is 5.32. The van der Waals surface area contributed by atoms with Crippen LogP contribution in [0.3, 0.4) is 0 Å². The van der Waals surface area contributed by atoms with E-state index in [0.29, 0.717) is 5.69 Å². The molecule has 1 saturated carbocycles. The third-order valence-corrected chi connectivity index (χ3v) is 5.35. The Morgan fingerprint density at radius 2 is 2.10 bits per heavy atom. The van der Waals surface area contributed by atoms with E-state index in [9.17, 15) is 13.2 Å². The standard InChI is InChI=1S/C13H18N2O4S/c1-8(13(16)15-10-4-5-10)20(17,18)12-6-3-9(14)7-11(12)19-2/h3,6-8,10H,4-5,14H2,1-2H3,(H,15,16).